The highest BCUT2D eigenvalue weighted by molar-refractivity contribution is 6.31. The number of hydrogen-bond acceptors (Lipinski definition) is 3. The van der Waals surface area contributed by atoms with Crippen molar-refractivity contribution in [1.29, 1.82) is 0 Å². The first kappa shape index (κ1) is 13.2. The lowest BCUT2D eigenvalue weighted by Gasteiger charge is -2.45. The summed E-state index contributed by atoms with van der Waals surface area (Å²) in [6.45, 7) is 3.84. The van der Waals surface area contributed by atoms with Gasteiger partial charge in [0.25, 0.3) is 5.91 Å². The molecular weight excluding hydrogens is 278 g/mol. The van der Waals surface area contributed by atoms with E-state index in [-0.39, 0.29) is 11.8 Å². The van der Waals surface area contributed by atoms with Gasteiger partial charge in [0.15, 0.2) is 0 Å². The summed E-state index contributed by atoms with van der Waals surface area (Å²) in [6, 6.07) is 3.46. The number of nitrogens with zero attached hydrogens (tertiary/aromatic N) is 1. The van der Waals surface area contributed by atoms with E-state index in [4.69, 9.17) is 11.6 Å². The van der Waals surface area contributed by atoms with Gasteiger partial charge in [0, 0.05) is 11.4 Å². The second kappa shape index (κ2) is 4.38. The molecule has 6 heteroatoms. The predicted molar refractivity (Wildman–Crippen MR) is 76.4 cm³/mol. The molecule has 1 aromatic rings. The Morgan fingerprint density at radius 2 is 2.10 bits per heavy atom. The molecule has 1 atom stereocenters. The van der Waals surface area contributed by atoms with Crippen LogP contribution in [0.3, 0.4) is 0 Å². The van der Waals surface area contributed by atoms with Crippen LogP contribution >= 0.6 is 11.6 Å². The highest BCUT2D eigenvalue weighted by Crippen LogP contribution is 2.37. The SMILES string of the molecule is Cc1cc(Cl)cc2c1NC1(C)CCCC(=O)NN1C2=O. The molecule has 2 heterocycles. The Hall–Kier alpha value is -1.75. The Labute approximate surface area is 122 Å². The van der Waals surface area contributed by atoms with E-state index in [1.807, 2.05) is 19.9 Å². The Kier molecular flexibility index (Phi) is 2.90. The van der Waals surface area contributed by atoms with Gasteiger partial charge in [0.05, 0.1) is 11.3 Å². The maximum Gasteiger partial charge on any atom is 0.276 e. The largest absolute Gasteiger partial charge is 0.361 e. The summed E-state index contributed by atoms with van der Waals surface area (Å²) in [5.74, 6) is -0.354. The molecule has 0 radical (unpaired) electrons. The zero-order valence-corrected chi connectivity index (χ0v) is 12.2. The number of benzene rings is 1. The molecule has 3 rings (SSSR count). The molecule has 2 amide bonds. The van der Waals surface area contributed by atoms with Crippen LogP contribution in [0.25, 0.3) is 0 Å². The number of carbonyl (C=O) groups excluding carboxylic acids is 2. The monoisotopic (exact) mass is 293 g/mol. The van der Waals surface area contributed by atoms with Gasteiger partial charge in [-0.15, -0.1) is 0 Å². The van der Waals surface area contributed by atoms with Gasteiger partial charge in [-0.1, -0.05) is 11.6 Å². The third kappa shape index (κ3) is 1.93. The molecule has 1 fully saturated rings. The first-order valence-corrected chi connectivity index (χ1v) is 7.01. The van der Waals surface area contributed by atoms with Crippen molar-refractivity contribution >= 4 is 29.1 Å². The second-order valence-corrected chi connectivity index (χ2v) is 6.01. The quantitative estimate of drug-likeness (QED) is 0.772. The molecule has 1 unspecified atom stereocenters. The fraction of sp³-hybridized carbons (Fsp3) is 0.429. The van der Waals surface area contributed by atoms with Gasteiger partial charge in [-0.2, -0.15) is 0 Å². The van der Waals surface area contributed by atoms with Crippen LogP contribution in [0.15, 0.2) is 12.1 Å². The summed E-state index contributed by atoms with van der Waals surface area (Å²) in [4.78, 5) is 24.4. The standard InChI is InChI=1S/C14H16ClN3O2/c1-8-6-9(15)7-10-12(8)16-14(2)5-3-4-11(19)17-18(14)13(10)20/h6-7,16H,3-5H2,1-2H3,(H,17,19). The van der Waals surface area contributed by atoms with E-state index >= 15 is 0 Å². The molecule has 5 nitrogen and oxygen atoms in total. The van der Waals surface area contributed by atoms with Crippen molar-refractivity contribution in [2.45, 2.75) is 38.8 Å². The minimum Gasteiger partial charge on any atom is -0.361 e. The fourth-order valence-electron chi connectivity index (χ4n) is 2.87. The van der Waals surface area contributed by atoms with Crippen molar-refractivity contribution < 1.29 is 9.59 Å². The molecule has 2 aliphatic heterocycles. The van der Waals surface area contributed by atoms with Crippen LogP contribution in [0.4, 0.5) is 5.69 Å². The molecule has 0 aromatic heterocycles. The highest BCUT2D eigenvalue weighted by Gasteiger charge is 2.44. The van der Waals surface area contributed by atoms with Gasteiger partial charge in [0.2, 0.25) is 5.91 Å². The number of nitrogens with one attached hydrogen (secondary N) is 2. The Balaban J connectivity index is 2.13. The van der Waals surface area contributed by atoms with E-state index in [9.17, 15) is 9.59 Å². The molecule has 0 saturated carbocycles. The first-order valence-electron chi connectivity index (χ1n) is 6.63. The van der Waals surface area contributed by atoms with Crippen molar-refractivity contribution in [3.05, 3.63) is 28.3 Å². The molecule has 20 heavy (non-hydrogen) atoms. The number of hydrogen-bond donors (Lipinski definition) is 2. The number of fused-ring (bicyclic) bond motifs is 2. The van der Waals surface area contributed by atoms with E-state index in [1.54, 1.807) is 6.07 Å². The fourth-order valence-corrected chi connectivity index (χ4v) is 3.14. The summed E-state index contributed by atoms with van der Waals surface area (Å²) in [6.07, 6.45) is 1.87. The molecule has 0 aliphatic carbocycles. The normalized spacial score (nSPS) is 25.2. The van der Waals surface area contributed by atoms with E-state index < -0.39 is 5.66 Å². The van der Waals surface area contributed by atoms with Crippen molar-refractivity contribution in [2.24, 2.45) is 0 Å². The molecule has 0 bridgehead atoms. The minimum atomic E-state index is -0.602. The van der Waals surface area contributed by atoms with Gasteiger partial charge >= 0.3 is 0 Å². The van der Waals surface area contributed by atoms with Crippen LogP contribution in [0, 0.1) is 6.92 Å². The lowest BCUT2D eigenvalue weighted by atomic mass is 9.96. The van der Waals surface area contributed by atoms with Gasteiger partial charge in [-0.25, -0.2) is 5.01 Å². The van der Waals surface area contributed by atoms with Gasteiger partial charge in [0.1, 0.15) is 5.66 Å². The molecule has 2 N–H and O–H groups in total. The summed E-state index contributed by atoms with van der Waals surface area (Å²) >= 11 is 6.03. The zero-order chi connectivity index (χ0) is 14.5. The summed E-state index contributed by atoms with van der Waals surface area (Å²) in [7, 11) is 0. The smallest absolute Gasteiger partial charge is 0.276 e. The summed E-state index contributed by atoms with van der Waals surface area (Å²) < 4.78 is 0. The van der Waals surface area contributed by atoms with Crippen molar-refractivity contribution in [3.63, 3.8) is 0 Å². The van der Waals surface area contributed by atoms with Crippen LogP contribution in [-0.2, 0) is 4.79 Å². The van der Waals surface area contributed by atoms with Gasteiger partial charge in [-0.3, -0.25) is 15.0 Å². The van der Waals surface area contributed by atoms with Crippen LogP contribution in [0.1, 0.15) is 42.1 Å². The number of halogens is 1. The second-order valence-electron chi connectivity index (χ2n) is 5.57. The minimum absolute atomic E-state index is 0.133. The van der Waals surface area contributed by atoms with Crippen LogP contribution < -0.4 is 10.7 Å². The maximum atomic E-state index is 12.7. The van der Waals surface area contributed by atoms with Crippen LogP contribution in [-0.4, -0.2) is 22.5 Å². The third-order valence-corrected chi connectivity index (χ3v) is 4.14. The Morgan fingerprint density at radius 3 is 2.85 bits per heavy atom. The van der Waals surface area contributed by atoms with E-state index in [1.165, 1.54) is 5.01 Å². The van der Waals surface area contributed by atoms with Gasteiger partial charge in [-0.05, 0) is 44.4 Å². The third-order valence-electron chi connectivity index (χ3n) is 3.93. The summed E-state index contributed by atoms with van der Waals surface area (Å²) in [5.41, 5.74) is 4.31. The first-order chi connectivity index (χ1) is 9.40. The Bertz CT molecular complexity index is 617. The number of rotatable bonds is 0. The number of anilines is 1. The van der Waals surface area contributed by atoms with Crippen molar-refractivity contribution in [3.8, 4) is 0 Å². The predicted octanol–water partition coefficient (Wildman–Crippen LogP) is 2.45. The molecular formula is C14H16ClN3O2. The number of aryl methyl sites for hydroxylation is 1. The topological polar surface area (TPSA) is 61.4 Å². The maximum absolute atomic E-state index is 12.7. The average Bonchev–Trinajstić information content (AvgIpc) is 2.51. The number of amides is 2. The highest BCUT2D eigenvalue weighted by atomic mass is 35.5. The van der Waals surface area contributed by atoms with Crippen LogP contribution in [0.2, 0.25) is 5.02 Å². The van der Waals surface area contributed by atoms with E-state index in [0.29, 0.717) is 23.4 Å². The van der Waals surface area contributed by atoms with Crippen molar-refractivity contribution in [1.82, 2.24) is 10.4 Å². The lowest BCUT2D eigenvalue weighted by Crippen LogP contribution is -2.63. The molecule has 2 aliphatic rings. The number of hydrazine groups is 1. The van der Waals surface area contributed by atoms with E-state index in [0.717, 1.165) is 17.7 Å². The van der Waals surface area contributed by atoms with E-state index in [2.05, 4.69) is 10.7 Å². The lowest BCUT2D eigenvalue weighted by molar-refractivity contribution is -0.125. The summed E-state index contributed by atoms with van der Waals surface area (Å²) in [5, 5.41) is 5.31. The molecule has 106 valence electrons. The van der Waals surface area contributed by atoms with Crippen LogP contribution in [0.5, 0.6) is 0 Å². The molecule has 0 spiro atoms. The van der Waals surface area contributed by atoms with Crippen molar-refractivity contribution in [2.75, 3.05) is 5.32 Å². The molecule has 1 saturated heterocycles. The zero-order valence-electron chi connectivity index (χ0n) is 11.4. The average molecular weight is 294 g/mol. The molecule has 1 aromatic carbocycles. The Morgan fingerprint density at radius 1 is 1.35 bits per heavy atom. The van der Waals surface area contributed by atoms with Gasteiger partial charge < -0.3 is 5.32 Å². The number of carbonyl (C=O) groups is 2.